The van der Waals surface area contributed by atoms with Gasteiger partial charge < -0.3 is 4.74 Å². The molecule has 1 aliphatic rings. The molecule has 1 aromatic rings. The highest BCUT2D eigenvalue weighted by molar-refractivity contribution is 5.68. The number of hydrogen-bond acceptors (Lipinski definition) is 5. The van der Waals surface area contributed by atoms with E-state index >= 15 is 0 Å². The summed E-state index contributed by atoms with van der Waals surface area (Å²) in [6.07, 6.45) is 2.27. The molecule has 0 spiro atoms. The van der Waals surface area contributed by atoms with Gasteiger partial charge in [0.2, 0.25) is 0 Å². The molecule has 1 saturated carbocycles. The lowest BCUT2D eigenvalue weighted by molar-refractivity contribution is -0.144. The normalized spacial score (nSPS) is 15.1. The molecule has 7 nitrogen and oxygen atoms in total. The molecule has 7 heteroatoms. The molecule has 88 valence electrons. The third-order valence-corrected chi connectivity index (χ3v) is 2.41. The van der Waals surface area contributed by atoms with E-state index < -0.39 is 5.97 Å². The maximum atomic E-state index is 11.7. The van der Waals surface area contributed by atoms with E-state index in [1.165, 1.54) is 4.68 Å². The van der Waals surface area contributed by atoms with Crippen molar-refractivity contribution in [2.75, 3.05) is 6.61 Å². The maximum absolute atomic E-state index is 11.7. The fraction of sp³-hybridized carbons (Fsp3) is 0.778. The minimum absolute atomic E-state index is 0.169. The van der Waals surface area contributed by atoms with Crippen LogP contribution in [0.2, 0.25) is 0 Å². The molecule has 0 bridgehead atoms. The minimum Gasteiger partial charge on any atom is -0.465 e. The molecule has 1 fully saturated rings. The first-order valence-corrected chi connectivity index (χ1v) is 5.37. The van der Waals surface area contributed by atoms with Crippen molar-refractivity contribution in [3.8, 4) is 0 Å². The van der Waals surface area contributed by atoms with Gasteiger partial charge in [0.05, 0.1) is 13.2 Å². The van der Waals surface area contributed by atoms with E-state index in [1.807, 2.05) is 0 Å². The topological polar surface area (TPSA) is 79.0 Å². The van der Waals surface area contributed by atoms with Gasteiger partial charge in [-0.2, -0.15) is 9.36 Å². The third-order valence-electron chi connectivity index (χ3n) is 2.41. The predicted octanol–water partition coefficient (Wildman–Crippen LogP) is -0.587. The quantitative estimate of drug-likeness (QED) is 0.627. The van der Waals surface area contributed by atoms with Gasteiger partial charge in [0, 0.05) is 0 Å². The number of carbonyl (C=O) groups is 1. The molecule has 16 heavy (non-hydrogen) atoms. The smallest absolute Gasteiger partial charge is 0.364 e. The number of aromatic nitrogens is 4. The standard InChI is InChI=1S/C9H14N4O3/c1-2-16-8(14)6-13-9(15)12(10-11-13)5-7-3-4-7/h7H,2-6H2,1H3. The maximum Gasteiger partial charge on any atom is 0.364 e. The lowest BCUT2D eigenvalue weighted by Gasteiger charge is -1.99. The monoisotopic (exact) mass is 226 g/mol. The van der Waals surface area contributed by atoms with Gasteiger partial charge in [-0.15, -0.1) is 0 Å². The fourth-order valence-corrected chi connectivity index (χ4v) is 1.39. The Balaban J connectivity index is 2.01. The first-order valence-electron chi connectivity index (χ1n) is 5.37. The second kappa shape index (κ2) is 4.46. The summed E-state index contributed by atoms with van der Waals surface area (Å²) in [5.41, 5.74) is -0.347. The Morgan fingerprint density at radius 2 is 2.12 bits per heavy atom. The predicted molar refractivity (Wildman–Crippen MR) is 53.6 cm³/mol. The number of carbonyl (C=O) groups excluding carboxylic acids is 1. The highest BCUT2D eigenvalue weighted by Gasteiger charge is 2.24. The Morgan fingerprint density at radius 1 is 1.44 bits per heavy atom. The van der Waals surface area contributed by atoms with Crippen LogP contribution in [-0.2, 0) is 22.6 Å². The second-order valence-corrected chi connectivity index (χ2v) is 3.85. The van der Waals surface area contributed by atoms with Crippen LogP contribution < -0.4 is 5.69 Å². The number of esters is 1. The van der Waals surface area contributed by atoms with Gasteiger partial charge in [0.1, 0.15) is 6.54 Å². The van der Waals surface area contributed by atoms with E-state index in [-0.39, 0.29) is 12.2 Å². The summed E-state index contributed by atoms with van der Waals surface area (Å²) in [6.45, 7) is 2.44. The summed E-state index contributed by atoms with van der Waals surface area (Å²) in [4.78, 5) is 22.8. The summed E-state index contributed by atoms with van der Waals surface area (Å²) in [5, 5.41) is 7.35. The number of ether oxygens (including phenoxy) is 1. The van der Waals surface area contributed by atoms with Gasteiger partial charge in [-0.05, 0) is 36.1 Å². The first-order chi connectivity index (χ1) is 7.70. The first kappa shape index (κ1) is 10.8. The molecule has 0 atom stereocenters. The second-order valence-electron chi connectivity index (χ2n) is 3.85. The summed E-state index contributed by atoms with van der Waals surface area (Å²) < 4.78 is 7.06. The Morgan fingerprint density at radius 3 is 2.75 bits per heavy atom. The van der Waals surface area contributed by atoms with Crippen LogP contribution in [0.3, 0.4) is 0 Å². The fourth-order valence-electron chi connectivity index (χ4n) is 1.39. The summed E-state index contributed by atoms with van der Waals surface area (Å²) in [5.74, 6) is 0.0773. The average molecular weight is 226 g/mol. The van der Waals surface area contributed by atoms with Crippen molar-refractivity contribution in [1.82, 2.24) is 19.8 Å². The Labute approximate surface area is 92.0 Å². The molecule has 1 aliphatic carbocycles. The lowest BCUT2D eigenvalue weighted by Crippen LogP contribution is -2.29. The third kappa shape index (κ3) is 2.47. The van der Waals surface area contributed by atoms with Crippen LogP contribution in [0.25, 0.3) is 0 Å². The molecular formula is C9H14N4O3. The van der Waals surface area contributed by atoms with E-state index in [2.05, 4.69) is 10.4 Å². The average Bonchev–Trinajstić information content (AvgIpc) is 2.99. The SMILES string of the molecule is CCOC(=O)Cn1nnn(CC2CC2)c1=O. The van der Waals surface area contributed by atoms with Crippen molar-refractivity contribution in [1.29, 1.82) is 0 Å². The zero-order valence-electron chi connectivity index (χ0n) is 9.13. The zero-order valence-corrected chi connectivity index (χ0v) is 9.13. The summed E-state index contributed by atoms with van der Waals surface area (Å²) >= 11 is 0. The highest BCUT2D eigenvalue weighted by Crippen LogP contribution is 2.29. The Kier molecular flexibility index (Phi) is 3.02. The molecule has 0 unspecified atom stereocenters. The van der Waals surface area contributed by atoms with Crippen molar-refractivity contribution < 1.29 is 9.53 Å². The molecule has 1 aromatic heterocycles. The van der Waals surface area contributed by atoms with Crippen molar-refractivity contribution in [3.63, 3.8) is 0 Å². The van der Waals surface area contributed by atoms with E-state index in [0.29, 0.717) is 19.1 Å². The van der Waals surface area contributed by atoms with Crippen LogP contribution in [0, 0.1) is 5.92 Å². The van der Waals surface area contributed by atoms with Gasteiger partial charge in [-0.1, -0.05) is 0 Å². The van der Waals surface area contributed by atoms with Crippen molar-refractivity contribution in [2.24, 2.45) is 5.92 Å². The van der Waals surface area contributed by atoms with Crippen LogP contribution in [0.15, 0.2) is 4.79 Å². The van der Waals surface area contributed by atoms with Crippen LogP contribution in [-0.4, -0.2) is 32.4 Å². The molecule has 0 aliphatic heterocycles. The number of rotatable bonds is 5. The number of hydrogen-bond donors (Lipinski definition) is 0. The lowest BCUT2D eigenvalue weighted by atomic mass is 10.4. The van der Waals surface area contributed by atoms with Crippen LogP contribution >= 0.6 is 0 Å². The van der Waals surface area contributed by atoms with E-state index in [9.17, 15) is 9.59 Å². The van der Waals surface area contributed by atoms with Crippen LogP contribution in [0.5, 0.6) is 0 Å². The van der Waals surface area contributed by atoms with Gasteiger partial charge in [0.25, 0.3) is 0 Å². The molecule has 1 heterocycles. The molecule has 0 amide bonds. The van der Waals surface area contributed by atoms with E-state index in [0.717, 1.165) is 17.5 Å². The zero-order chi connectivity index (χ0) is 11.5. The minimum atomic E-state index is -0.469. The largest absolute Gasteiger partial charge is 0.465 e. The number of nitrogens with zero attached hydrogens (tertiary/aromatic N) is 4. The van der Waals surface area contributed by atoms with Crippen LogP contribution in [0.1, 0.15) is 19.8 Å². The van der Waals surface area contributed by atoms with Crippen LogP contribution in [0.4, 0.5) is 0 Å². The summed E-state index contributed by atoms with van der Waals surface area (Å²) in [6, 6.07) is 0. The van der Waals surface area contributed by atoms with E-state index in [4.69, 9.17) is 4.74 Å². The van der Waals surface area contributed by atoms with E-state index in [1.54, 1.807) is 6.92 Å². The van der Waals surface area contributed by atoms with Crippen molar-refractivity contribution in [2.45, 2.75) is 32.9 Å². The molecule has 0 aromatic carbocycles. The van der Waals surface area contributed by atoms with Gasteiger partial charge in [-0.3, -0.25) is 4.79 Å². The van der Waals surface area contributed by atoms with Gasteiger partial charge in [0.15, 0.2) is 0 Å². The Bertz CT molecular complexity index is 432. The molecular weight excluding hydrogens is 212 g/mol. The van der Waals surface area contributed by atoms with Gasteiger partial charge in [-0.25, -0.2) is 4.79 Å². The molecule has 0 N–H and O–H groups in total. The number of tetrazole rings is 1. The van der Waals surface area contributed by atoms with Crippen molar-refractivity contribution >= 4 is 5.97 Å². The summed E-state index contributed by atoms with van der Waals surface area (Å²) in [7, 11) is 0. The highest BCUT2D eigenvalue weighted by atomic mass is 16.5. The van der Waals surface area contributed by atoms with Crippen molar-refractivity contribution in [3.05, 3.63) is 10.5 Å². The molecule has 2 rings (SSSR count). The van der Waals surface area contributed by atoms with Gasteiger partial charge >= 0.3 is 11.7 Å². The molecule has 0 radical (unpaired) electrons. The molecule has 0 saturated heterocycles. The Hall–Kier alpha value is -1.66.